The van der Waals surface area contributed by atoms with Crippen LogP contribution in [-0.4, -0.2) is 18.2 Å². The first-order valence-electron chi connectivity index (χ1n) is 8.90. The van der Waals surface area contributed by atoms with Crippen molar-refractivity contribution < 1.29 is 27.1 Å². The molecule has 3 rings (SSSR count). The Hall–Kier alpha value is -2.98. The van der Waals surface area contributed by atoms with Crippen LogP contribution in [0, 0.1) is 0 Å². The van der Waals surface area contributed by atoms with Crippen molar-refractivity contribution in [1.82, 2.24) is 0 Å². The number of carbonyl (C=O) groups is 1. The van der Waals surface area contributed by atoms with Crippen LogP contribution in [-0.2, 0) is 16.7 Å². The Labute approximate surface area is 186 Å². The van der Waals surface area contributed by atoms with Gasteiger partial charge in [0.05, 0.1) is 24.1 Å². The molecular weight excluding hydrogens is 449 g/mol. The number of benzene rings is 2. The molecule has 0 unspecified atom stereocenters. The summed E-state index contributed by atoms with van der Waals surface area (Å²) in [6, 6.07) is 15.3. The molecule has 1 aromatic heterocycles. The zero-order valence-electron chi connectivity index (χ0n) is 16.2. The molecule has 0 spiro atoms. The second-order valence-corrected chi connectivity index (χ2v) is 7.63. The molecular formula is C21H17F3N2O3S2. The fourth-order valence-corrected chi connectivity index (χ4v) is 3.70. The molecule has 5 nitrogen and oxygen atoms in total. The number of hydrogen-bond acceptors (Lipinski definition) is 5. The number of rotatable bonds is 6. The molecule has 162 valence electrons. The van der Waals surface area contributed by atoms with Crippen molar-refractivity contribution in [3.8, 4) is 0 Å². The smallest absolute Gasteiger partial charge is 0.416 e. The number of carbonyl (C=O) groups excluding carboxylic acids is 1. The predicted molar refractivity (Wildman–Crippen MR) is 117 cm³/mol. The van der Waals surface area contributed by atoms with E-state index in [0.29, 0.717) is 17.2 Å². The lowest BCUT2D eigenvalue weighted by molar-refractivity contribution is -0.137. The summed E-state index contributed by atoms with van der Waals surface area (Å²) in [5.74, 6) is 0.605. The van der Waals surface area contributed by atoms with Crippen molar-refractivity contribution in [3.63, 3.8) is 0 Å². The van der Waals surface area contributed by atoms with Gasteiger partial charge in [0.1, 0.15) is 5.76 Å². The topological polar surface area (TPSA) is 63.5 Å². The van der Waals surface area contributed by atoms with Gasteiger partial charge < -0.3 is 19.8 Å². The van der Waals surface area contributed by atoms with Crippen LogP contribution >= 0.6 is 24.0 Å². The van der Waals surface area contributed by atoms with Crippen molar-refractivity contribution in [2.45, 2.75) is 16.8 Å². The minimum Gasteiger partial charge on any atom is -0.463 e. The van der Waals surface area contributed by atoms with E-state index in [4.69, 9.17) is 16.6 Å². The van der Waals surface area contributed by atoms with E-state index in [2.05, 4.69) is 15.4 Å². The number of ether oxygens (including phenoxy) is 1. The SMILES string of the molecule is COC(=O)c1ccc(CSc2ccccc2NC(=S)Nc2cccc(C(F)(F)F)c2)o1. The van der Waals surface area contributed by atoms with Gasteiger partial charge in [-0.2, -0.15) is 13.2 Å². The predicted octanol–water partition coefficient (Wildman–Crippen LogP) is 6.19. The summed E-state index contributed by atoms with van der Waals surface area (Å²) >= 11 is 6.70. The lowest BCUT2D eigenvalue weighted by Crippen LogP contribution is -2.19. The van der Waals surface area contributed by atoms with Crippen LogP contribution in [0.3, 0.4) is 0 Å². The monoisotopic (exact) mass is 466 g/mol. The minimum atomic E-state index is -4.43. The number of nitrogens with one attached hydrogen (secondary N) is 2. The van der Waals surface area contributed by atoms with Crippen LogP contribution in [0.25, 0.3) is 0 Å². The number of methoxy groups -OCH3 is 1. The lowest BCUT2D eigenvalue weighted by atomic mass is 10.2. The molecule has 31 heavy (non-hydrogen) atoms. The number of thiocarbonyl (C=S) groups is 1. The molecule has 0 radical (unpaired) electrons. The van der Waals surface area contributed by atoms with Gasteiger partial charge in [-0.15, -0.1) is 11.8 Å². The van der Waals surface area contributed by atoms with E-state index in [1.165, 1.54) is 31.0 Å². The normalized spacial score (nSPS) is 11.1. The fourth-order valence-electron chi connectivity index (χ4n) is 2.57. The second kappa shape index (κ2) is 9.88. The number of thioether (sulfide) groups is 1. The van der Waals surface area contributed by atoms with Crippen molar-refractivity contribution in [2.24, 2.45) is 0 Å². The Kier molecular flexibility index (Phi) is 7.24. The molecule has 0 bridgehead atoms. The van der Waals surface area contributed by atoms with Gasteiger partial charge in [0.2, 0.25) is 5.76 Å². The van der Waals surface area contributed by atoms with Crippen LogP contribution in [0.2, 0.25) is 0 Å². The van der Waals surface area contributed by atoms with E-state index in [1.807, 2.05) is 18.2 Å². The molecule has 2 N–H and O–H groups in total. The van der Waals surface area contributed by atoms with Crippen molar-refractivity contribution in [2.75, 3.05) is 17.7 Å². The van der Waals surface area contributed by atoms with Gasteiger partial charge in [0.15, 0.2) is 5.11 Å². The fraction of sp³-hybridized carbons (Fsp3) is 0.143. The molecule has 0 fully saturated rings. The zero-order chi connectivity index (χ0) is 22.4. The Morgan fingerprint density at radius 1 is 1.10 bits per heavy atom. The number of esters is 1. The summed E-state index contributed by atoms with van der Waals surface area (Å²) in [7, 11) is 1.28. The molecule has 10 heteroatoms. The first-order chi connectivity index (χ1) is 14.8. The summed E-state index contributed by atoms with van der Waals surface area (Å²) in [5, 5.41) is 5.92. The summed E-state index contributed by atoms with van der Waals surface area (Å²) < 4.78 is 48.7. The van der Waals surface area contributed by atoms with Crippen LogP contribution in [0.15, 0.2) is 70.0 Å². The largest absolute Gasteiger partial charge is 0.463 e. The molecule has 0 saturated carbocycles. The van der Waals surface area contributed by atoms with Gasteiger partial charge in [-0.25, -0.2) is 4.79 Å². The van der Waals surface area contributed by atoms with Gasteiger partial charge in [0, 0.05) is 10.6 Å². The maximum atomic E-state index is 12.9. The highest BCUT2D eigenvalue weighted by atomic mass is 32.2. The van der Waals surface area contributed by atoms with Crippen molar-refractivity contribution >= 4 is 46.4 Å². The maximum Gasteiger partial charge on any atom is 0.416 e. The molecule has 0 aliphatic carbocycles. The highest BCUT2D eigenvalue weighted by Gasteiger charge is 2.30. The minimum absolute atomic E-state index is 0.121. The third-order valence-corrected chi connectivity index (χ3v) is 5.30. The van der Waals surface area contributed by atoms with Crippen LogP contribution in [0.1, 0.15) is 21.9 Å². The standard InChI is InChI=1S/C21H17F3N2O3S2/c1-28-19(27)17-10-9-15(29-17)12-31-18-8-3-2-7-16(18)26-20(30)25-14-6-4-5-13(11-14)21(22,23)24/h2-11H,12H2,1H3,(H2,25,26,30). The summed E-state index contributed by atoms with van der Waals surface area (Å²) in [6.07, 6.45) is -4.43. The quantitative estimate of drug-likeness (QED) is 0.255. The summed E-state index contributed by atoms with van der Waals surface area (Å²) in [6.45, 7) is 0. The summed E-state index contributed by atoms with van der Waals surface area (Å²) in [5.41, 5.74) is 0.140. The number of halogens is 3. The second-order valence-electron chi connectivity index (χ2n) is 6.20. The van der Waals surface area contributed by atoms with Gasteiger partial charge in [-0.05, 0) is 54.7 Å². The number of furan rings is 1. The van der Waals surface area contributed by atoms with Crippen molar-refractivity contribution in [1.29, 1.82) is 0 Å². The number of para-hydroxylation sites is 1. The van der Waals surface area contributed by atoms with E-state index in [0.717, 1.165) is 17.0 Å². The first kappa shape index (κ1) is 22.7. The molecule has 2 aromatic carbocycles. The van der Waals surface area contributed by atoms with Gasteiger partial charge >= 0.3 is 12.1 Å². The highest BCUT2D eigenvalue weighted by Crippen LogP contribution is 2.32. The average Bonchev–Trinajstić information content (AvgIpc) is 3.21. The lowest BCUT2D eigenvalue weighted by Gasteiger charge is -2.15. The van der Waals surface area contributed by atoms with Gasteiger partial charge in [0.25, 0.3) is 0 Å². The molecule has 0 atom stereocenters. The highest BCUT2D eigenvalue weighted by molar-refractivity contribution is 7.98. The van der Waals surface area contributed by atoms with E-state index in [9.17, 15) is 18.0 Å². The number of anilines is 2. The Balaban J connectivity index is 1.64. The van der Waals surface area contributed by atoms with E-state index < -0.39 is 17.7 Å². The van der Waals surface area contributed by atoms with Crippen LogP contribution in [0.4, 0.5) is 24.5 Å². The zero-order valence-corrected chi connectivity index (χ0v) is 17.8. The van der Waals surface area contributed by atoms with Gasteiger partial charge in [-0.3, -0.25) is 0 Å². The molecule has 3 aromatic rings. The van der Waals surface area contributed by atoms with E-state index in [-0.39, 0.29) is 16.6 Å². The molecule has 0 aliphatic rings. The average molecular weight is 467 g/mol. The molecule has 1 heterocycles. The number of hydrogen-bond donors (Lipinski definition) is 2. The van der Waals surface area contributed by atoms with Crippen LogP contribution in [0.5, 0.6) is 0 Å². The molecule has 0 saturated heterocycles. The molecule has 0 aliphatic heterocycles. The van der Waals surface area contributed by atoms with Crippen LogP contribution < -0.4 is 10.6 Å². The maximum absolute atomic E-state index is 12.9. The third-order valence-electron chi connectivity index (χ3n) is 4.00. The Morgan fingerprint density at radius 2 is 1.87 bits per heavy atom. The Bertz CT molecular complexity index is 1080. The Morgan fingerprint density at radius 3 is 2.61 bits per heavy atom. The van der Waals surface area contributed by atoms with E-state index >= 15 is 0 Å². The third kappa shape index (κ3) is 6.25. The van der Waals surface area contributed by atoms with Crippen molar-refractivity contribution in [3.05, 3.63) is 77.7 Å². The first-order valence-corrected chi connectivity index (χ1v) is 10.3. The number of alkyl halides is 3. The van der Waals surface area contributed by atoms with Gasteiger partial charge in [-0.1, -0.05) is 18.2 Å². The van der Waals surface area contributed by atoms with E-state index in [1.54, 1.807) is 18.2 Å². The summed E-state index contributed by atoms with van der Waals surface area (Å²) in [4.78, 5) is 12.3. The molecule has 0 amide bonds.